The summed E-state index contributed by atoms with van der Waals surface area (Å²) in [6.45, 7) is 2.17. The Balaban J connectivity index is 2.07. The summed E-state index contributed by atoms with van der Waals surface area (Å²) in [5.41, 5.74) is 2.31. The minimum Gasteiger partial charge on any atom is -0.493 e. The SMILES string of the molecule is CCCC1=COC(c2ccc(I)c(F)c2)CC1. The minimum absolute atomic E-state index is 0.0158. The van der Waals surface area contributed by atoms with Gasteiger partial charge in [-0.05, 0) is 65.1 Å². The van der Waals surface area contributed by atoms with Crippen molar-refractivity contribution in [3.63, 3.8) is 0 Å². The van der Waals surface area contributed by atoms with Gasteiger partial charge in [0.1, 0.15) is 11.9 Å². The molecule has 0 radical (unpaired) electrons. The maximum absolute atomic E-state index is 13.5. The molecule has 0 amide bonds. The fourth-order valence-electron chi connectivity index (χ4n) is 2.08. The molecule has 0 saturated heterocycles. The maximum Gasteiger partial charge on any atom is 0.136 e. The summed E-state index contributed by atoms with van der Waals surface area (Å²) in [4.78, 5) is 0. The van der Waals surface area contributed by atoms with Crippen molar-refractivity contribution in [1.82, 2.24) is 0 Å². The lowest BCUT2D eigenvalue weighted by Crippen LogP contribution is -2.07. The molecule has 0 bridgehead atoms. The molecule has 17 heavy (non-hydrogen) atoms. The second kappa shape index (κ2) is 5.85. The summed E-state index contributed by atoms with van der Waals surface area (Å²) < 4.78 is 19.8. The third-order valence-corrected chi connectivity index (χ3v) is 3.89. The van der Waals surface area contributed by atoms with Crippen molar-refractivity contribution in [1.29, 1.82) is 0 Å². The van der Waals surface area contributed by atoms with Crippen LogP contribution in [0.3, 0.4) is 0 Å². The molecule has 1 aromatic rings. The van der Waals surface area contributed by atoms with E-state index in [1.54, 1.807) is 12.1 Å². The molecule has 92 valence electrons. The molecule has 0 spiro atoms. The Hall–Kier alpha value is -0.580. The Labute approximate surface area is 115 Å². The highest BCUT2D eigenvalue weighted by Crippen LogP contribution is 2.32. The summed E-state index contributed by atoms with van der Waals surface area (Å²) in [6.07, 6.45) is 6.15. The molecular weight excluding hydrogens is 330 g/mol. The lowest BCUT2D eigenvalue weighted by molar-refractivity contribution is 0.119. The van der Waals surface area contributed by atoms with Crippen LogP contribution in [0.25, 0.3) is 0 Å². The normalized spacial score (nSPS) is 19.7. The first-order valence-corrected chi connectivity index (χ1v) is 7.07. The van der Waals surface area contributed by atoms with E-state index < -0.39 is 0 Å². The van der Waals surface area contributed by atoms with Gasteiger partial charge in [-0.1, -0.05) is 19.4 Å². The van der Waals surface area contributed by atoms with Gasteiger partial charge >= 0.3 is 0 Å². The maximum atomic E-state index is 13.5. The van der Waals surface area contributed by atoms with E-state index in [0.717, 1.165) is 31.2 Å². The van der Waals surface area contributed by atoms with Crippen LogP contribution in [-0.4, -0.2) is 0 Å². The number of halogens is 2. The van der Waals surface area contributed by atoms with Gasteiger partial charge in [0.15, 0.2) is 0 Å². The standard InChI is InChI=1S/C14H16FIO/c1-2-3-10-4-7-14(17-9-10)11-5-6-13(16)12(15)8-11/h5-6,8-9,14H,2-4,7H2,1H3. The molecular formula is C14H16FIO. The molecule has 1 heterocycles. The summed E-state index contributed by atoms with van der Waals surface area (Å²) in [6, 6.07) is 5.35. The molecule has 0 aromatic heterocycles. The van der Waals surface area contributed by atoms with Crippen molar-refractivity contribution in [2.45, 2.75) is 38.7 Å². The van der Waals surface area contributed by atoms with Crippen LogP contribution in [0.4, 0.5) is 4.39 Å². The lowest BCUT2D eigenvalue weighted by atomic mass is 9.97. The molecule has 0 fully saturated rings. The Morgan fingerprint density at radius 3 is 2.88 bits per heavy atom. The number of ether oxygens (including phenoxy) is 1. The quantitative estimate of drug-likeness (QED) is 0.703. The monoisotopic (exact) mass is 346 g/mol. The van der Waals surface area contributed by atoms with Crippen LogP contribution < -0.4 is 0 Å². The fourth-order valence-corrected chi connectivity index (χ4v) is 2.42. The van der Waals surface area contributed by atoms with Crippen molar-refractivity contribution in [2.24, 2.45) is 0 Å². The van der Waals surface area contributed by atoms with Gasteiger partial charge in [-0.15, -0.1) is 0 Å². The third kappa shape index (κ3) is 3.21. The smallest absolute Gasteiger partial charge is 0.136 e. The largest absolute Gasteiger partial charge is 0.493 e. The first-order chi connectivity index (χ1) is 8.20. The molecule has 1 nitrogen and oxygen atoms in total. The van der Waals surface area contributed by atoms with E-state index in [9.17, 15) is 4.39 Å². The zero-order valence-electron chi connectivity index (χ0n) is 9.88. The molecule has 3 heteroatoms. The predicted octanol–water partition coefficient (Wildman–Crippen LogP) is 4.97. The van der Waals surface area contributed by atoms with Crippen molar-refractivity contribution in [3.05, 3.63) is 45.0 Å². The summed E-state index contributed by atoms with van der Waals surface area (Å²) in [5.74, 6) is -0.157. The molecule has 1 aliphatic rings. The Morgan fingerprint density at radius 1 is 1.47 bits per heavy atom. The van der Waals surface area contributed by atoms with Gasteiger partial charge in [-0.25, -0.2) is 4.39 Å². The molecule has 1 aliphatic heterocycles. The van der Waals surface area contributed by atoms with Crippen molar-refractivity contribution in [3.8, 4) is 0 Å². The number of allylic oxidation sites excluding steroid dienone is 1. The van der Waals surface area contributed by atoms with Crippen molar-refractivity contribution in [2.75, 3.05) is 0 Å². The van der Waals surface area contributed by atoms with Crippen molar-refractivity contribution < 1.29 is 9.13 Å². The highest BCUT2D eigenvalue weighted by Gasteiger charge is 2.18. The second-order valence-electron chi connectivity index (χ2n) is 4.36. The lowest BCUT2D eigenvalue weighted by Gasteiger charge is -2.23. The Kier molecular flexibility index (Phi) is 4.42. The van der Waals surface area contributed by atoms with E-state index in [0.29, 0.717) is 3.57 Å². The average molecular weight is 346 g/mol. The van der Waals surface area contributed by atoms with Crippen LogP contribution in [0.5, 0.6) is 0 Å². The van der Waals surface area contributed by atoms with E-state index in [1.807, 2.05) is 34.9 Å². The zero-order valence-corrected chi connectivity index (χ0v) is 12.0. The highest BCUT2D eigenvalue weighted by molar-refractivity contribution is 14.1. The highest BCUT2D eigenvalue weighted by atomic mass is 127. The average Bonchev–Trinajstić information content (AvgIpc) is 2.34. The third-order valence-electron chi connectivity index (χ3n) is 3.01. The molecule has 0 aliphatic carbocycles. The molecule has 0 saturated carbocycles. The predicted molar refractivity (Wildman–Crippen MR) is 75.2 cm³/mol. The zero-order chi connectivity index (χ0) is 12.3. The van der Waals surface area contributed by atoms with Crippen LogP contribution in [-0.2, 0) is 4.74 Å². The van der Waals surface area contributed by atoms with Crippen LogP contribution in [0.15, 0.2) is 30.0 Å². The van der Waals surface area contributed by atoms with Crippen LogP contribution in [0.2, 0.25) is 0 Å². The van der Waals surface area contributed by atoms with Crippen LogP contribution in [0, 0.1) is 9.39 Å². The topological polar surface area (TPSA) is 9.23 Å². The van der Waals surface area contributed by atoms with Crippen molar-refractivity contribution >= 4 is 22.6 Å². The number of rotatable bonds is 3. The molecule has 1 atom stereocenters. The Bertz CT molecular complexity index is 428. The minimum atomic E-state index is -0.157. The summed E-state index contributed by atoms with van der Waals surface area (Å²) in [7, 11) is 0. The van der Waals surface area contributed by atoms with Gasteiger partial charge in [0.25, 0.3) is 0 Å². The fraction of sp³-hybridized carbons (Fsp3) is 0.429. The van der Waals surface area contributed by atoms with Gasteiger partial charge in [0.05, 0.1) is 6.26 Å². The van der Waals surface area contributed by atoms with E-state index >= 15 is 0 Å². The number of benzene rings is 1. The molecule has 0 N–H and O–H groups in total. The van der Waals surface area contributed by atoms with Gasteiger partial charge in [-0.2, -0.15) is 0 Å². The van der Waals surface area contributed by atoms with E-state index in [-0.39, 0.29) is 11.9 Å². The van der Waals surface area contributed by atoms with Gasteiger partial charge < -0.3 is 4.74 Å². The van der Waals surface area contributed by atoms with Gasteiger partial charge in [0, 0.05) is 3.57 Å². The first kappa shape index (κ1) is 12.9. The molecule has 1 aromatic carbocycles. The van der Waals surface area contributed by atoms with E-state index in [4.69, 9.17) is 4.74 Å². The number of hydrogen-bond donors (Lipinski definition) is 0. The summed E-state index contributed by atoms with van der Waals surface area (Å²) >= 11 is 2.00. The van der Waals surface area contributed by atoms with Crippen LogP contribution >= 0.6 is 22.6 Å². The van der Waals surface area contributed by atoms with E-state index in [1.165, 1.54) is 5.57 Å². The second-order valence-corrected chi connectivity index (χ2v) is 5.53. The Morgan fingerprint density at radius 2 is 2.29 bits per heavy atom. The van der Waals surface area contributed by atoms with Gasteiger partial charge in [0.2, 0.25) is 0 Å². The van der Waals surface area contributed by atoms with Gasteiger partial charge in [-0.3, -0.25) is 0 Å². The summed E-state index contributed by atoms with van der Waals surface area (Å²) in [5, 5.41) is 0. The van der Waals surface area contributed by atoms with E-state index in [2.05, 4.69) is 6.92 Å². The first-order valence-electron chi connectivity index (χ1n) is 5.99. The molecule has 2 rings (SSSR count). The van der Waals surface area contributed by atoms with Crippen LogP contribution in [0.1, 0.15) is 44.3 Å². The number of hydrogen-bond acceptors (Lipinski definition) is 1. The molecule has 1 unspecified atom stereocenters.